The highest BCUT2D eigenvalue weighted by atomic mass is 35.5. The molecule has 0 saturated carbocycles. The quantitative estimate of drug-likeness (QED) is 0.296. The highest BCUT2D eigenvalue weighted by molar-refractivity contribution is 7.99. The fourth-order valence-electron chi connectivity index (χ4n) is 3.07. The maximum Gasteiger partial charge on any atom is 0.276 e. The zero-order valence-electron chi connectivity index (χ0n) is 16.7. The molecule has 0 N–H and O–H groups in total. The number of thiophene rings is 1. The van der Waals surface area contributed by atoms with Gasteiger partial charge in [-0.3, -0.25) is 14.2 Å². The lowest BCUT2D eigenvalue weighted by Gasteiger charge is -2.18. The average molecular weight is 472 g/mol. The fourth-order valence-corrected chi connectivity index (χ4v) is 4.93. The van der Waals surface area contributed by atoms with Crippen molar-refractivity contribution < 1.29 is 9.53 Å². The zero-order chi connectivity index (χ0) is 22.0. The van der Waals surface area contributed by atoms with Crippen LogP contribution in [0.3, 0.4) is 0 Å². The normalized spacial score (nSPS) is 10.9. The molecule has 0 spiro atoms. The van der Waals surface area contributed by atoms with E-state index in [1.54, 1.807) is 50.6 Å². The van der Waals surface area contributed by atoms with E-state index in [0.717, 1.165) is 0 Å². The predicted molar refractivity (Wildman–Crippen MR) is 127 cm³/mol. The Morgan fingerprint density at radius 2 is 2.03 bits per heavy atom. The molecule has 0 atom stereocenters. The number of carbonyl (C=O) groups is 1. The second kappa shape index (κ2) is 9.13. The van der Waals surface area contributed by atoms with Crippen LogP contribution in [0.5, 0.6) is 5.75 Å². The van der Waals surface area contributed by atoms with Gasteiger partial charge in [-0.2, -0.15) is 0 Å². The van der Waals surface area contributed by atoms with Crippen LogP contribution in [0.2, 0.25) is 5.02 Å². The number of rotatable bonds is 6. The number of halogens is 1. The molecule has 2 aromatic carbocycles. The lowest BCUT2D eigenvalue weighted by molar-refractivity contribution is -0.115. The molecule has 0 aliphatic heterocycles. The van der Waals surface area contributed by atoms with Gasteiger partial charge in [-0.05, 0) is 41.8 Å². The lowest BCUT2D eigenvalue weighted by atomic mass is 10.3. The van der Waals surface area contributed by atoms with Gasteiger partial charge in [0.2, 0.25) is 5.91 Å². The van der Waals surface area contributed by atoms with Gasteiger partial charge in [-0.15, -0.1) is 11.3 Å². The molecule has 0 fully saturated rings. The van der Waals surface area contributed by atoms with Crippen molar-refractivity contribution in [3.05, 3.63) is 75.4 Å². The summed E-state index contributed by atoms with van der Waals surface area (Å²) < 4.78 is 7.52. The van der Waals surface area contributed by atoms with Crippen LogP contribution in [0.25, 0.3) is 15.9 Å². The van der Waals surface area contributed by atoms with E-state index in [4.69, 9.17) is 16.3 Å². The summed E-state index contributed by atoms with van der Waals surface area (Å²) in [6.45, 7) is 0. The van der Waals surface area contributed by atoms with Gasteiger partial charge in [-0.25, -0.2) is 4.98 Å². The van der Waals surface area contributed by atoms with Crippen molar-refractivity contribution in [2.45, 2.75) is 5.16 Å². The van der Waals surface area contributed by atoms with Gasteiger partial charge < -0.3 is 9.64 Å². The molecular weight excluding hydrogens is 454 g/mol. The van der Waals surface area contributed by atoms with E-state index in [0.29, 0.717) is 37.5 Å². The van der Waals surface area contributed by atoms with E-state index in [1.165, 1.54) is 32.6 Å². The van der Waals surface area contributed by atoms with Gasteiger partial charge in [0.15, 0.2) is 5.16 Å². The molecule has 2 aromatic heterocycles. The summed E-state index contributed by atoms with van der Waals surface area (Å²) in [5, 5.41) is 2.81. The number of amides is 1. The highest BCUT2D eigenvalue weighted by Crippen LogP contribution is 2.28. The summed E-state index contributed by atoms with van der Waals surface area (Å²) in [5.74, 6) is 0.505. The maximum absolute atomic E-state index is 13.3. The number of carbonyl (C=O) groups excluding carboxylic acids is 1. The molecule has 0 aliphatic rings. The monoisotopic (exact) mass is 471 g/mol. The molecular formula is C22H18ClN3O3S2. The summed E-state index contributed by atoms with van der Waals surface area (Å²) in [4.78, 5) is 32.3. The minimum Gasteiger partial charge on any atom is -0.495 e. The molecule has 9 heteroatoms. The number of benzene rings is 2. The molecule has 0 aliphatic carbocycles. The first-order chi connectivity index (χ1) is 15.0. The first-order valence-electron chi connectivity index (χ1n) is 9.28. The van der Waals surface area contributed by atoms with E-state index in [9.17, 15) is 9.59 Å². The van der Waals surface area contributed by atoms with Crippen molar-refractivity contribution in [2.24, 2.45) is 0 Å². The second-order valence-corrected chi connectivity index (χ2v) is 8.86. The first-order valence-corrected chi connectivity index (χ1v) is 11.5. The molecule has 0 saturated heterocycles. The SMILES string of the molecule is COc1ccccc1-n1c(SCC(=O)N(C)c2cccc(Cl)c2)nc2ccsc2c1=O. The van der Waals surface area contributed by atoms with Gasteiger partial charge in [0.25, 0.3) is 5.56 Å². The molecule has 1 amide bonds. The molecule has 6 nitrogen and oxygen atoms in total. The van der Waals surface area contributed by atoms with Crippen LogP contribution >= 0.6 is 34.7 Å². The van der Waals surface area contributed by atoms with Crippen LogP contribution in [0.4, 0.5) is 5.69 Å². The van der Waals surface area contributed by atoms with Crippen LogP contribution in [-0.4, -0.2) is 35.4 Å². The van der Waals surface area contributed by atoms with Gasteiger partial charge in [-0.1, -0.05) is 41.6 Å². The predicted octanol–water partition coefficient (Wildman–Crippen LogP) is 4.86. The van der Waals surface area contributed by atoms with Crippen LogP contribution in [0.15, 0.2) is 69.9 Å². The topological polar surface area (TPSA) is 64.4 Å². The lowest BCUT2D eigenvalue weighted by Crippen LogP contribution is -2.28. The van der Waals surface area contributed by atoms with Crippen LogP contribution < -0.4 is 15.2 Å². The number of ether oxygens (including phenoxy) is 1. The van der Waals surface area contributed by atoms with Gasteiger partial charge >= 0.3 is 0 Å². The van der Waals surface area contributed by atoms with E-state index < -0.39 is 0 Å². The molecule has 0 radical (unpaired) electrons. The first kappa shape index (κ1) is 21.4. The van der Waals surface area contributed by atoms with Crippen LogP contribution in [-0.2, 0) is 4.79 Å². The van der Waals surface area contributed by atoms with Gasteiger partial charge in [0, 0.05) is 17.8 Å². The summed E-state index contributed by atoms with van der Waals surface area (Å²) >= 11 is 8.59. The third-order valence-electron chi connectivity index (χ3n) is 4.67. The fraction of sp³-hybridized carbons (Fsp3) is 0.136. The van der Waals surface area contributed by atoms with Crippen LogP contribution in [0.1, 0.15) is 0 Å². The van der Waals surface area contributed by atoms with Crippen molar-refractivity contribution in [3.8, 4) is 11.4 Å². The standard InChI is InChI=1S/C22H18ClN3O3S2/c1-25(15-7-5-6-14(23)12-15)19(27)13-31-22-24-16-10-11-30-20(16)21(28)26(22)17-8-3-4-9-18(17)29-2/h3-12H,13H2,1-2H3. The van der Waals surface area contributed by atoms with Gasteiger partial charge in [0.1, 0.15) is 10.4 Å². The maximum atomic E-state index is 13.3. The highest BCUT2D eigenvalue weighted by Gasteiger charge is 2.19. The van der Waals surface area contributed by atoms with Crippen molar-refractivity contribution >= 4 is 56.5 Å². The number of para-hydroxylation sites is 2. The zero-order valence-corrected chi connectivity index (χ0v) is 19.1. The summed E-state index contributed by atoms with van der Waals surface area (Å²) in [7, 11) is 3.24. The number of hydrogen-bond donors (Lipinski definition) is 0. The average Bonchev–Trinajstić information content (AvgIpc) is 3.26. The smallest absolute Gasteiger partial charge is 0.276 e. The van der Waals surface area contributed by atoms with Crippen molar-refractivity contribution in [2.75, 3.05) is 24.8 Å². The van der Waals surface area contributed by atoms with E-state index >= 15 is 0 Å². The summed E-state index contributed by atoms with van der Waals surface area (Å²) in [5.41, 5.74) is 1.69. The molecule has 2 heterocycles. The molecule has 4 rings (SSSR count). The van der Waals surface area contributed by atoms with E-state index in [-0.39, 0.29) is 17.2 Å². The Balaban J connectivity index is 1.70. The Morgan fingerprint density at radius 3 is 2.81 bits per heavy atom. The Labute approximate surface area is 192 Å². The largest absolute Gasteiger partial charge is 0.495 e. The van der Waals surface area contributed by atoms with Gasteiger partial charge in [0.05, 0.1) is 24.1 Å². The van der Waals surface area contributed by atoms with Crippen LogP contribution in [0, 0.1) is 0 Å². The minimum absolute atomic E-state index is 0.0975. The minimum atomic E-state index is -0.192. The third kappa shape index (κ3) is 4.32. The number of fused-ring (bicyclic) bond motifs is 1. The molecule has 158 valence electrons. The van der Waals surface area contributed by atoms with E-state index in [2.05, 4.69) is 4.98 Å². The molecule has 0 bridgehead atoms. The molecule has 0 unspecified atom stereocenters. The Hall–Kier alpha value is -2.81. The third-order valence-corrected chi connectivity index (χ3v) is 6.72. The number of thioether (sulfide) groups is 1. The molecule has 31 heavy (non-hydrogen) atoms. The van der Waals surface area contributed by atoms with Crippen molar-refractivity contribution in [1.82, 2.24) is 9.55 Å². The summed E-state index contributed by atoms with van der Waals surface area (Å²) in [6.07, 6.45) is 0. The number of hydrogen-bond acceptors (Lipinski definition) is 6. The Kier molecular flexibility index (Phi) is 6.31. The number of methoxy groups -OCH3 is 1. The number of anilines is 1. The summed E-state index contributed by atoms with van der Waals surface area (Å²) in [6, 6.07) is 16.1. The molecule has 4 aromatic rings. The Morgan fingerprint density at radius 1 is 1.23 bits per heavy atom. The number of nitrogens with zero attached hydrogens (tertiary/aromatic N) is 3. The number of aromatic nitrogens is 2. The Bertz CT molecular complexity index is 1320. The second-order valence-electron chi connectivity index (χ2n) is 6.56. The van der Waals surface area contributed by atoms with Crippen molar-refractivity contribution in [1.29, 1.82) is 0 Å². The van der Waals surface area contributed by atoms with E-state index in [1.807, 2.05) is 23.6 Å². The van der Waals surface area contributed by atoms with Crippen molar-refractivity contribution in [3.63, 3.8) is 0 Å².